The molecule has 0 unspecified atom stereocenters. The van der Waals surface area contributed by atoms with Crippen LogP contribution in [0.1, 0.15) is 11.1 Å². The van der Waals surface area contributed by atoms with Crippen molar-refractivity contribution in [2.45, 2.75) is 13.1 Å². The van der Waals surface area contributed by atoms with E-state index in [1.54, 1.807) is 13.3 Å². The summed E-state index contributed by atoms with van der Waals surface area (Å²) in [5, 5.41) is 3.12. The van der Waals surface area contributed by atoms with Crippen LogP contribution in [0.4, 0.5) is 5.69 Å². The molecule has 0 atom stereocenters. The molecule has 6 nitrogen and oxygen atoms in total. The van der Waals surface area contributed by atoms with Gasteiger partial charge in [-0.2, -0.15) is 0 Å². The standard InChI is InChI=1S/C25H25N5O/c1-31-23-12-10-22(11-13-23)29-25(26)28-16-21-4-2-3-5-24(21)20-8-6-19(7-9-20)17-30-15-14-27-18-30/h2-15,18H,16-17H2,1H3,(H3,26,28,29). The Kier molecular flexibility index (Phi) is 6.28. The summed E-state index contributed by atoms with van der Waals surface area (Å²) in [7, 11) is 1.64. The number of hydrogen-bond donors (Lipinski definition) is 2. The minimum Gasteiger partial charge on any atom is -0.497 e. The van der Waals surface area contributed by atoms with E-state index in [-0.39, 0.29) is 0 Å². The number of anilines is 1. The molecule has 156 valence electrons. The van der Waals surface area contributed by atoms with Gasteiger partial charge in [0.1, 0.15) is 5.75 Å². The van der Waals surface area contributed by atoms with E-state index in [2.05, 4.69) is 56.3 Å². The maximum Gasteiger partial charge on any atom is 0.193 e. The summed E-state index contributed by atoms with van der Waals surface area (Å²) in [6.45, 7) is 1.29. The van der Waals surface area contributed by atoms with Crippen LogP contribution in [0.3, 0.4) is 0 Å². The number of nitrogens with zero attached hydrogens (tertiary/aromatic N) is 3. The highest BCUT2D eigenvalue weighted by Crippen LogP contribution is 2.25. The Hall–Kier alpha value is -4.06. The lowest BCUT2D eigenvalue weighted by Gasteiger charge is -2.11. The predicted octanol–water partition coefficient (Wildman–Crippen LogP) is 4.53. The summed E-state index contributed by atoms with van der Waals surface area (Å²) in [6.07, 6.45) is 5.58. The van der Waals surface area contributed by atoms with E-state index < -0.39 is 0 Å². The molecule has 0 fully saturated rings. The molecule has 4 aromatic rings. The van der Waals surface area contributed by atoms with Crippen molar-refractivity contribution in [2.75, 3.05) is 12.4 Å². The number of hydrogen-bond acceptors (Lipinski definition) is 3. The zero-order valence-corrected chi connectivity index (χ0v) is 17.4. The first-order chi connectivity index (χ1) is 15.2. The fourth-order valence-electron chi connectivity index (χ4n) is 3.35. The van der Waals surface area contributed by atoms with Crippen LogP contribution in [-0.2, 0) is 13.1 Å². The predicted molar refractivity (Wildman–Crippen MR) is 125 cm³/mol. The van der Waals surface area contributed by atoms with Crippen molar-refractivity contribution in [3.05, 3.63) is 103 Å². The average molecular weight is 412 g/mol. The number of nitrogens with one attached hydrogen (secondary N) is 1. The van der Waals surface area contributed by atoms with Crippen molar-refractivity contribution in [3.8, 4) is 16.9 Å². The maximum atomic E-state index is 6.10. The van der Waals surface area contributed by atoms with Crippen LogP contribution in [0.25, 0.3) is 11.1 Å². The molecule has 0 aliphatic carbocycles. The van der Waals surface area contributed by atoms with Gasteiger partial charge >= 0.3 is 0 Å². The fourth-order valence-corrected chi connectivity index (χ4v) is 3.35. The molecule has 31 heavy (non-hydrogen) atoms. The number of ether oxygens (including phenoxy) is 1. The maximum absolute atomic E-state index is 6.10. The summed E-state index contributed by atoms with van der Waals surface area (Å²) in [5.41, 5.74) is 11.6. The highest BCUT2D eigenvalue weighted by Gasteiger charge is 2.05. The van der Waals surface area contributed by atoms with Gasteiger partial charge in [0.25, 0.3) is 0 Å². The van der Waals surface area contributed by atoms with Crippen molar-refractivity contribution in [2.24, 2.45) is 10.7 Å². The first-order valence-corrected chi connectivity index (χ1v) is 10.1. The number of aliphatic imine (C=N–C) groups is 1. The van der Waals surface area contributed by atoms with Crippen LogP contribution in [0.5, 0.6) is 5.75 Å². The normalized spacial score (nSPS) is 11.3. The average Bonchev–Trinajstić information content (AvgIpc) is 3.32. The summed E-state index contributed by atoms with van der Waals surface area (Å²) >= 11 is 0. The lowest BCUT2D eigenvalue weighted by molar-refractivity contribution is 0.415. The number of benzene rings is 3. The van der Waals surface area contributed by atoms with Gasteiger partial charge < -0.3 is 20.4 Å². The topological polar surface area (TPSA) is 77.5 Å². The molecule has 6 heteroatoms. The van der Waals surface area contributed by atoms with Crippen LogP contribution in [-0.4, -0.2) is 22.6 Å². The van der Waals surface area contributed by atoms with Gasteiger partial charge in [0.2, 0.25) is 0 Å². The van der Waals surface area contributed by atoms with Crippen molar-refractivity contribution in [1.29, 1.82) is 0 Å². The molecule has 0 spiro atoms. The van der Waals surface area contributed by atoms with E-state index in [0.29, 0.717) is 12.5 Å². The van der Waals surface area contributed by atoms with Crippen molar-refractivity contribution < 1.29 is 4.74 Å². The second kappa shape index (κ2) is 9.63. The Morgan fingerprint density at radius 3 is 2.52 bits per heavy atom. The van der Waals surface area contributed by atoms with Gasteiger partial charge in [-0.1, -0.05) is 48.5 Å². The Morgan fingerprint density at radius 2 is 1.81 bits per heavy atom. The van der Waals surface area contributed by atoms with E-state index in [4.69, 9.17) is 10.5 Å². The van der Waals surface area contributed by atoms with Gasteiger partial charge in [-0.3, -0.25) is 0 Å². The van der Waals surface area contributed by atoms with Crippen LogP contribution in [0.2, 0.25) is 0 Å². The first-order valence-electron chi connectivity index (χ1n) is 10.1. The van der Waals surface area contributed by atoms with Crippen LogP contribution in [0.15, 0.2) is 96.5 Å². The largest absolute Gasteiger partial charge is 0.497 e. The van der Waals surface area contributed by atoms with E-state index in [9.17, 15) is 0 Å². The SMILES string of the molecule is COc1ccc(NC(N)=NCc2ccccc2-c2ccc(Cn3ccnc3)cc2)cc1. The number of nitrogens with two attached hydrogens (primary N) is 1. The third kappa shape index (κ3) is 5.30. The Balaban J connectivity index is 1.45. The lowest BCUT2D eigenvalue weighted by atomic mass is 9.98. The Morgan fingerprint density at radius 1 is 1.03 bits per heavy atom. The second-order valence-electron chi connectivity index (χ2n) is 7.14. The van der Waals surface area contributed by atoms with E-state index in [1.165, 1.54) is 5.56 Å². The minimum atomic E-state index is 0.371. The van der Waals surface area contributed by atoms with E-state index in [1.807, 2.05) is 48.9 Å². The minimum absolute atomic E-state index is 0.371. The molecule has 3 N–H and O–H groups in total. The van der Waals surface area contributed by atoms with Gasteiger partial charge in [0, 0.05) is 24.6 Å². The van der Waals surface area contributed by atoms with Gasteiger partial charge in [0.05, 0.1) is 20.0 Å². The molecule has 1 aromatic heterocycles. The van der Waals surface area contributed by atoms with Crippen LogP contribution >= 0.6 is 0 Å². The van der Waals surface area contributed by atoms with E-state index >= 15 is 0 Å². The third-order valence-electron chi connectivity index (χ3n) is 4.99. The quantitative estimate of drug-likeness (QED) is 0.346. The molecule has 0 saturated heterocycles. The molecule has 0 aliphatic heterocycles. The molecule has 0 bridgehead atoms. The zero-order chi connectivity index (χ0) is 21.5. The molecule has 0 radical (unpaired) electrons. The molecular weight excluding hydrogens is 386 g/mol. The third-order valence-corrected chi connectivity index (χ3v) is 4.99. The molecule has 4 rings (SSSR count). The summed E-state index contributed by atoms with van der Waals surface area (Å²) in [6, 6.07) is 24.4. The van der Waals surface area contributed by atoms with Gasteiger partial charge in [0.15, 0.2) is 5.96 Å². The van der Waals surface area contributed by atoms with Crippen molar-refractivity contribution >= 4 is 11.6 Å². The monoisotopic (exact) mass is 411 g/mol. The van der Waals surface area contributed by atoms with Gasteiger partial charge in [-0.25, -0.2) is 9.98 Å². The molecular formula is C25H25N5O. The molecule has 1 heterocycles. The van der Waals surface area contributed by atoms with Gasteiger partial charge in [-0.15, -0.1) is 0 Å². The molecule has 3 aromatic carbocycles. The molecule has 0 amide bonds. The fraction of sp³-hybridized carbons (Fsp3) is 0.120. The van der Waals surface area contributed by atoms with E-state index in [0.717, 1.165) is 34.7 Å². The Bertz CT molecular complexity index is 1130. The number of guanidine groups is 1. The van der Waals surface area contributed by atoms with Gasteiger partial charge in [-0.05, 0) is 46.5 Å². The number of methoxy groups -OCH3 is 1. The summed E-state index contributed by atoms with van der Waals surface area (Å²) in [4.78, 5) is 8.62. The van der Waals surface area contributed by atoms with Crippen LogP contribution in [0, 0.1) is 0 Å². The van der Waals surface area contributed by atoms with Crippen molar-refractivity contribution in [1.82, 2.24) is 9.55 Å². The molecule has 0 aliphatic rings. The summed E-state index contributed by atoms with van der Waals surface area (Å²) in [5.74, 6) is 1.17. The highest BCUT2D eigenvalue weighted by molar-refractivity contribution is 5.92. The summed E-state index contributed by atoms with van der Waals surface area (Å²) < 4.78 is 7.23. The van der Waals surface area contributed by atoms with Crippen LogP contribution < -0.4 is 15.8 Å². The lowest BCUT2D eigenvalue weighted by Crippen LogP contribution is -2.22. The number of imidazole rings is 1. The Labute approximate surface area is 182 Å². The first kappa shape index (κ1) is 20.2. The molecule has 0 saturated carbocycles. The second-order valence-corrected chi connectivity index (χ2v) is 7.14. The zero-order valence-electron chi connectivity index (χ0n) is 17.4. The highest BCUT2D eigenvalue weighted by atomic mass is 16.5. The number of rotatable bonds is 7. The number of aromatic nitrogens is 2. The van der Waals surface area contributed by atoms with Crippen molar-refractivity contribution in [3.63, 3.8) is 0 Å². The smallest absolute Gasteiger partial charge is 0.193 e.